The molecular formula is C27H36N4O3. The number of ether oxygens (including phenoxy) is 1. The Labute approximate surface area is 202 Å². The smallest absolute Gasteiger partial charge is 0.253 e. The van der Waals surface area contributed by atoms with E-state index in [1.807, 2.05) is 25.1 Å². The van der Waals surface area contributed by atoms with Crippen molar-refractivity contribution in [3.8, 4) is 0 Å². The van der Waals surface area contributed by atoms with Crippen molar-refractivity contribution in [2.24, 2.45) is 0 Å². The van der Waals surface area contributed by atoms with Gasteiger partial charge in [-0.1, -0.05) is 31.2 Å². The Hall–Kier alpha value is -2.90. The van der Waals surface area contributed by atoms with E-state index in [1.165, 1.54) is 11.1 Å². The van der Waals surface area contributed by atoms with Crippen LogP contribution in [0.15, 0.2) is 42.5 Å². The van der Waals surface area contributed by atoms with Crippen LogP contribution in [0.1, 0.15) is 47.7 Å². The summed E-state index contributed by atoms with van der Waals surface area (Å²) in [7, 11) is 0. The van der Waals surface area contributed by atoms with Gasteiger partial charge in [0, 0.05) is 50.5 Å². The highest BCUT2D eigenvalue weighted by Crippen LogP contribution is 2.29. The molecule has 0 spiro atoms. The fourth-order valence-corrected chi connectivity index (χ4v) is 4.65. The predicted octanol–water partition coefficient (Wildman–Crippen LogP) is 3.44. The number of nitrogens with one attached hydrogen (secondary N) is 2. The number of carbonyl (C=O) groups excluding carboxylic acids is 2. The molecule has 2 aliphatic heterocycles. The molecule has 0 bridgehead atoms. The Morgan fingerprint density at radius 3 is 2.62 bits per heavy atom. The summed E-state index contributed by atoms with van der Waals surface area (Å²) in [5.41, 5.74) is 4.86. The first-order chi connectivity index (χ1) is 16.6. The number of benzene rings is 2. The van der Waals surface area contributed by atoms with Crippen LogP contribution < -0.4 is 15.5 Å². The monoisotopic (exact) mass is 464 g/mol. The lowest BCUT2D eigenvalue weighted by molar-refractivity contribution is -0.116. The Morgan fingerprint density at radius 1 is 1.03 bits per heavy atom. The maximum atomic E-state index is 13.3. The van der Waals surface area contributed by atoms with E-state index in [0.29, 0.717) is 24.2 Å². The number of hydrogen-bond acceptors (Lipinski definition) is 5. The molecule has 0 aromatic heterocycles. The summed E-state index contributed by atoms with van der Waals surface area (Å²) < 4.78 is 5.40. The second-order valence-corrected chi connectivity index (χ2v) is 9.03. The van der Waals surface area contributed by atoms with Crippen LogP contribution in [0.25, 0.3) is 0 Å². The summed E-state index contributed by atoms with van der Waals surface area (Å²) in [5, 5.41) is 6.04. The molecule has 182 valence electrons. The minimum atomic E-state index is -0.0950. The van der Waals surface area contributed by atoms with E-state index in [2.05, 4.69) is 44.7 Å². The molecule has 7 heteroatoms. The van der Waals surface area contributed by atoms with Gasteiger partial charge in [-0.25, -0.2) is 0 Å². The zero-order chi connectivity index (χ0) is 23.8. The molecule has 0 atom stereocenters. The van der Waals surface area contributed by atoms with Gasteiger partial charge in [0.25, 0.3) is 5.91 Å². The number of nitrogens with zero attached hydrogens (tertiary/aromatic N) is 2. The molecule has 0 radical (unpaired) electrons. The first kappa shape index (κ1) is 24.2. The summed E-state index contributed by atoms with van der Waals surface area (Å²) in [6, 6.07) is 14.2. The lowest BCUT2D eigenvalue weighted by Crippen LogP contribution is -2.38. The number of fused-ring (bicyclic) bond motifs is 1. The highest BCUT2D eigenvalue weighted by Gasteiger charge is 2.22. The fraction of sp³-hybridized carbons (Fsp3) is 0.481. The van der Waals surface area contributed by atoms with Crippen molar-refractivity contribution in [2.45, 2.75) is 39.2 Å². The minimum absolute atomic E-state index is 0.0287. The standard InChI is InChI=1S/C27H36N4O3/c1-2-6-26(32)29-23-9-10-25(31-14-11-21-7-3-4-8-22(21)20-31)24(19-23)27(33)28-12-5-13-30-15-17-34-18-16-30/h3-4,7-10,19H,2,5-6,11-18,20H2,1H3,(H,28,33)(H,29,32). The third kappa shape index (κ3) is 6.36. The summed E-state index contributed by atoms with van der Waals surface area (Å²) in [5.74, 6) is -0.124. The van der Waals surface area contributed by atoms with Crippen LogP contribution in [-0.4, -0.2) is 62.7 Å². The van der Waals surface area contributed by atoms with Crippen molar-refractivity contribution in [1.29, 1.82) is 0 Å². The van der Waals surface area contributed by atoms with Crippen molar-refractivity contribution in [3.63, 3.8) is 0 Å². The zero-order valence-corrected chi connectivity index (χ0v) is 20.1. The van der Waals surface area contributed by atoms with Crippen LogP contribution in [0.5, 0.6) is 0 Å². The van der Waals surface area contributed by atoms with E-state index in [0.717, 1.165) is 70.9 Å². The average molecular weight is 465 g/mol. The Bertz CT molecular complexity index is 988. The van der Waals surface area contributed by atoms with Gasteiger partial charge in [0.15, 0.2) is 0 Å². The second kappa shape index (κ2) is 12.0. The van der Waals surface area contributed by atoms with E-state index < -0.39 is 0 Å². The number of rotatable bonds is 9. The molecular weight excluding hydrogens is 428 g/mol. The van der Waals surface area contributed by atoms with Gasteiger partial charge in [-0.15, -0.1) is 0 Å². The maximum Gasteiger partial charge on any atom is 0.253 e. The molecule has 34 heavy (non-hydrogen) atoms. The molecule has 2 aromatic carbocycles. The highest BCUT2D eigenvalue weighted by molar-refractivity contribution is 6.02. The predicted molar refractivity (Wildman–Crippen MR) is 135 cm³/mol. The maximum absolute atomic E-state index is 13.3. The topological polar surface area (TPSA) is 73.9 Å². The van der Waals surface area contributed by atoms with Gasteiger partial charge in [0.2, 0.25) is 5.91 Å². The average Bonchev–Trinajstić information content (AvgIpc) is 2.87. The van der Waals surface area contributed by atoms with Gasteiger partial charge >= 0.3 is 0 Å². The fourth-order valence-electron chi connectivity index (χ4n) is 4.65. The number of carbonyl (C=O) groups is 2. The third-order valence-corrected chi connectivity index (χ3v) is 6.51. The first-order valence-corrected chi connectivity index (χ1v) is 12.5. The Kier molecular flexibility index (Phi) is 8.55. The van der Waals surface area contributed by atoms with E-state index in [9.17, 15) is 9.59 Å². The van der Waals surface area contributed by atoms with Gasteiger partial charge in [-0.05, 0) is 55.1 Å². The molecule has 0 unspecified atom stereocenters. The van der Waals surface area contributed by atoms with Crippen molar-refractivity contribution in [3.05, 3.63) is 59.2 Å². The van der Waals surface area contributed by atoms with E-state index in [-0.39, 0.29) is 11.8 Å². The molecule has 2 aliphatic rings. The van der Waals surface area contributed by atoms with E-state index in [4.69, 9.17) is 4.74 Å². The summed E-state index contributed by atoms with van der Waals surface area (Å²) in [4.78, 5) is 30.1. The van der Waals surface area contributed by atoms with Crippen molar-refractivity contribution in [2.75, 3.05) is 56.2 Å². The molecule has 0 aliphatic carbocycles. The van der Waals surface area contributed by atoms with Gasteiger partial charge < -0.3 is 20.3 Å². The third-order valence-electron chi connectivity index (χ3n) is 6.51. The molecule has 2 aromatic rings. The Balaban J connectivity index is 1.46. The minimum Gasteiger partial charge on any atom is -0.379 e. The first-order valence-electron chi connectivity index (χ1n) is 12.5. The van der Waals surface area contributed by atoms with Crippen molar-refractivity contribution in [1.82, 2.24) is 10.2 Å². The van der Waals surface area contributed by atoms with Crippen LogP contribution >= 0.6 is 0 Å². The van der Waals surface area contributed by atoms with Gasteiger partial charge in [-0.2, -0.15) is 0 Å². The Morgan fingerprint density at radius 2 is 1.82 bits per heavy atom. The number of morpholine rings is 1. The second-order valence-electron chi connectivity index (χ2n) is 9.03. The van der Waals surface area contributed by atoms with E-state index >= 15 is 0 Å². The summed E-state index contributed by atoms with van der Waals surface area (Å²) in [6.45, 7) is 8.65. The summed E-state index contributed by atoms with van der Waals surface area (Å²) >= 11 is 0. The van der Waals surface area contributed by atoms with Gasteiger partial charge in [-0.3, -0.25) is 14.5 Å². The van der Waals surface area contributed by atoms with Gasteiger partial charge in [0.1, 0.15) is 0 Å². The quantitative estimate of drug-likeness (QED) is 0.556. The van der Waals surface area contributed by atoms with Crippen LogP contribution in [0.3, 0.4) is 0 Å². The SMILES string of the molecule is CCCC(=O)Nc1ccc(N2CCc3ccccc3C2)c(C(=O)NCCCN2CCOCC2)c1. The zero-order valence-electron chi connectivity index (χ0n) is 20.1. The summed E-state index contributed by atoms with van der Waals surface area (Å²) in [6.07, 6.45) is 3.10. The lowest BCUT2D eigenvalue weighted by atomic mass is 9.98. The van der Waals surface area contributed by atoms with Crippen LogP contribution in [-0.2, 0) is 22.5 Å². The molecule has 1 fully saturated rings. The number of anilines is 2. The normalized spacial score (nSPS) is 16.1. The molecule has 2 amide bonds. The van der Waals surface area contributed by atoms with Crippen molar-refractivity contribution < 1.29 is 14.3 Å². The van der Waals surface area contributed by atoms with Crippen LogP contribution in [0.4, 0.5) is 11.4 Å². The van der Waals surface area contributed by atoms with Crippen LogP contribution in [0.2, 0.25) is 0 Å². The molecule has 0 saturated carbocycles. The highest BCUT2D eigenvalue weighted by atomic mass is 16.5. The number of amides is 2. The van der Waals surface area contributed by atoms with Crippen LogP contribution in [0, 0.1) is 0 Å². The van der Waals surface area contributed by atoms with Gasteiger partial charge in [0.05, 0.1) is 18.8 Å². The van der Waals surface area contributed by atoms with Crippen molar-refractivity contribution >= 4 is 23.2 Å². The molecule has 2 N–H and O–H groups in total. The number of hydrogen-bond donors (Lipinski definition) is 2. The molecule has 1 saturated heterocycles. The molecule has 4 rings (SSSR count). The van der Waals surface area contributed by atoms with E-state index in [1.54, 1.807) is 0 Å². The molecule has 7 nitrogen and oxygen atoms in total. The lowest BCUT2D eigenvalue weighted by Gasteiger charge is -2.32. The largest absolute Gasteiger partial charge is 0.379 e. The molecule has 2 heterocycles.